The van der Waals surface area contributed by atoms with E-state index in [1.165, 1.54) is 12.1 Å². The summed E-state index contributed by atoms with van der Waals surface area (Å²) >= 11 is 0. The second-order valence-corrected chi connectivity index (χ2v) is 10.1. The van der Waals surface area contributed by atoms with Crippen molar-refractivity contribution < 1.29 is 24.2 Å². The van der Waals surface area contributed by atoms with Gasteiger partial charge in [-0.1, -0.05) is 62.4 Å². The third kappa shape index (κ3) is 9.15. The second kappa shape index (κ2) is 13.3. The zero-order chi connectivity index (χ0) is 27.6. The van der Waals surface area contributed by atoms with Crippen LogP contribution in [-0.4, -0.2) is 46.1 Å². The van der Waals surface area contributed by atoms with Crippen molar-refractivity contribution in [2.45, 2.75) is 65.3 Å². The lowest BCUT2D eigenvalue weighted by Crippen LogP contribution is -2.53. The van der Waals surface area contributed by atoms with Crippen molar-refractivity contribution in [1.29, 1.82) is 5.26 Å². The van der Waals surface area contributed by atoms with Crippen LogP contribution in [0.3, 0.4) is 0 Å². The Labute approximate surface area is 218 Å². The topological polar surface area (TPSA) is 132 Å². The maximum Gasteiger partial charge on any atom is 0.408 e. The zero-order valence-corrected chi connectivity index (χ0v) is 22.0. The molecule has 3 N–H and O–H groups in total. The van der Waals surface area contributed by atoms with Crippen molar-refractivity contribution in [1.82, 2.24) is 15.5 Å². The van der Waals surface area contributed by atoms with Gasteiger partial charge in [-0.05, 0) is 44.7 Å². The molecule has 0 bridgehead atoms. The van der Waals surface area contributed by atoms with Crippen molar-refractivity contribution in [3.8, 4) is 11.8 Å². The molecule has 0 spiro atoms. The summed E-state index contributed by atoms with van der Waals surface area (Å²) in [6.45, 7) is 8.64. The lowest BCUT2D eigenvalue weighted by atomic mass is 9.98. The largest absolute Gasteiger partial charge is 0.508 e. The number of phenolic OH excluding ortho intramolecular Hbond substituents is 1. The number of hydrogen-bond donors (Lipinski definition) is 3. The van der Waals surface area contributed by atoms with Gasteiger partial charge in [-0.2, -0.15) is 5.26 Å². The van der Waals surface area contributed by atoms with Crippen LogP contribution in [0.25, 0.3) is 0 Å². The first kappa shape index (κ1) is 29.2. The Bertz CT molecular complexity index is 1110. The van der Waals surface area contributed by atoms with Gasteiger partial charge in [0.25, 0.3) is 0 Å². The van der Waals surface area contributed by atoms with Gasteiger partial charge in [0.1, 0.15) is 30.0 Å². The number of carbonyl (C=O) groups excluding carboxylic acids is 3. The highest BCUT2D eigenvalue weighted by Gasteiger charge is 2.37. The Hall–Kier alpha value is -4.06. The molecule has 9 heteroatoms. The molecule has 198 valence electrons. The molecule has 3 amide bonds. The SMILES string of the molecule is CC(C)CC(NC(=O)OC(C)(C)C)C(=O)N(CC#N)C(C(=O)NCc1ccccc1)c1ccccc1O. The van der Waals surface area contributed by atoms with Gasteiger partial charge >= 0.3 is 6.09 Å². The summed E-state index contributed by atoms with van der Waals surface area (Å²) in [6.07, 6.45) is -0.532. The third-order valence-electron chi connectivity index (χ3n) is 5.32. The molecule has 2 aromatic carbocycles. The van der Waals surface area contributed by atoms with E-state index in [2.05, 4.69) is 10.6 Å². The van der Waals surface area contributed by atoms with Crippen LogP contribution in [0.1, 0.15) is 58.2 Å². The Morgan fingerprint density at radius 3 is 2.24 bits per heavy atom. The van der Waals surface area contributed by atoms with Crippen LogP contribution in [0.5, 0.6) is 5.75 Å². The predicted molar refractivity (Wildman–Crippen MR) is 139 cm³/mol. The van der Waals surface area contributed by atoms with Crippen LogP contribution in [0.4, 0.5) is 4.79 Å². The molecule has 0 radical (unpaired) electrons. The Kier molecular flexibility index (Phi) is 10.5. The molecule has 0 saturated heterocycles. The normalized spacial score (nSPS) is 12.7. The number of nitrogens with zero attached hydrogens (tertiary/aromatic N) is 2. The standard InChI is InChI=1S/C28H36N4O5/c1-19(2)17-22(31-27(36)37-28(3,4)5)26(35)32(16-15-29)24(21-13-9-10-14-23(21)33)25(34)30-18-20-11-7-6-8-12-20/h6-14,19,22,24,33H,16-18H2,1-5H3,(H,30,34)(H,31,36). The van der Waals surface area contributed by atoms with E-state index in [1.54, 1.807) is 32.9 Å². The molecule has 0 fully saturated rings. The van der Waals surface area contributed by atoms with Crippen molar-refractivity contribution >= 4 is 17.9 Å². The van der Waals surface area contributed by atoms with E-state index in [1.807, 2.05) is 50.2 Å². The molecule has 0 aliphatic rings. The third-order valence-corrected chi connectivity index (χ3v) is 5.32. The number of benzene rings is 2. The van der Waals surface area contributed by atoms with Crippen LogP contribution in [0.15, 0.2) is 54.6 Å². The summed E-state index contributed by atoms with van der Waals surface area (Å²) in [6, 6.07) is 15.0. The number of rotatable bonds is 10. The van der Waals surface area contributed by atoms with E-state index in [4.69, 9.17) is 4.74 Å². The number of nitriles is 1. The van der Waals surface area contributed by atoms with Crippen LogP contribution in [-0.2, 0) is 20.9 Å². The lowest BCUT2D eigenvalue weighted by Gasteiger charge is -2.33. The van der Waals surface area contributed by atoms with Gasteiger partial charge < -0.3 is 25.4 Å². The predicted octanol–water partition coefficient (Wildman–Crippen LogP) is 4.04. The highest BCUT2D eigenvalue weighted by atomic mass is 16.6. The molecule has 2 aromatic rings. The highest BCUT2D eigenvalue weighted by Crippen LogP contribution is 2.30. The maximum absolute atomic E-state index is 13.8. The number of carbonyl (C=O) groups is 3. The monoisotopic (exact) mass is 508 g/mol. The fraction of sp³-hybridized carbons (Fsp3) is 0.429. The minimum absolute atomic E-state index is 0.00306. The molecule has 0 aliphatic heterocycles. The summed E-state index contributed by atoms with van der Waals surface area (Å²) in [5, 5.41) is 25.6. The molecule has 0 aliphatic carbocycles. The van der Waals surface area contributed by atoms with E-state index in [9.17, 15) is 24.8 Å². The molecule has 37 heavy (non-hydrogen) atoms. The molecule has 0 saturated carbocycles. The van der Waals surface area contributed by atoms with Gasteiger partial charge in [0.15, 0.2) is 0 Å². The molecule has 0 heterocycles. The van der Waals surface area contributed by atoms with E-state index in [0.29, 0.717) is 0 Å². The van der Waals surface area contributed by atoms with Crippen LogP contribution in [0.2, 0.25) is 0 Å². The first-order valence-corrected chi connectivity index (χ1v) is 12.2. The van der Waals surface area contributed by atoms with Gasteiger partial charge in [-0.25, -0.2) is 4.79 Å². The zero-order valence-electron chi connectivity index (χ0n) is 22.0. The summed E-state index contributed by atoms with van der Waals surface area (Å²) in [5.74, 6) is -1.40. The van der Waals surface area contributed by atoms with E-state index in [0.717, 1.165) is 10.5 Å². The number of hydrogen-bond acceptors (Lipinski definition) is 6. The second-order valence-electron chi connectivity index (χ2n) is 10.1. The number of nitrogens with one attached hydrogen (secondary N) is 2. The van der Waals surface area contributed by atoms with E-state index < -0.39 is 42.1 Å². The average molecular weight is 509 g/mol. The Morgan fingerprint density at radius 2 is 1.68 bits per heavy atom. The van der Waals surface area contributed by atoms with E-state index >= 15 is 0 Å². The fourth-order valence-electron chi connectivity index (χ4n) is 3.77. The molecule has 2 rings (SSSR count). The molecule has 9 nitrogen and oxygen atoms in total. The van der Waals surface area contributed by atoms with Crippen LogP contribution >= 0.6 is 0 Å². The molecule has 0 aromatic heterocycles. The smallest absolute Gasteiger partial charge is 0.408 e. The Morgan fingerprint density at radius 1 is 1.05 bits per heavy atom. The van der Waals surface area contributed by atoms with Crippen LogP contribution in [0, 0.1) is 17.2 Å². The van der Waals surface area contributed by atoms with Crippen molar-refractivity contribution in [3.05, 3.63) is 65.7 Å². The van der Waals surface area contributed by atoms with Gasteiger partial charge in [0, 0.05) is 12.1 Å². The molecular formula is C28H36N4O5. The average Bonchev–Trinajstić information content (AvgIpc) is 2.82. The number of alkyl carbamates (subject to hydrolysis) is 1. The van der Waals surface area contributed by atoms with Crippen LogP contribution < -0.4 is 10.6 Å². The minimum Gasteiger partial charge on any atom is -0.508 e. The lowest BCUT2D eigenvalue weighted by molar-refractivity contribution is -0.142. The molecule has 2 unspecified atom stereocenters. The fourth-order valence-corrected chi connectivity index (χ4v) is 3.77. The number of ether oxygens (including phenoxy) is 1. The number of para-hydroxylation sites is 1. The summed E-state index contributed by atoms with van der Waals surface area (Å²) in [4.78, 5) is 40.9. The minimum atomic E-state index is -1.31. The number of amides is 3. The summed E-state index contributed by atoms with van der Waals surface area (Å²) in [7, 11) is 0. The van der Waals surface area contributed by atoms with Gasteiger partial charge in [0.2, 0.25) is 11.8 Å². The quantitative estimate of drug-likeness (QED) is 0.415. The summed E-state index contributed by atoms with van der Waals surface area (Å²) < 4.78 is 5.33. The van der Waals surface area contributed by atoms with Gasteiger partial charge in [-0.15, -0.1) is 0 Å². The molecule has 2 atom stereocenters. The number of aromatic hydroxyl groups is 1. The van der Waals surface area contributed by atoms with Crippen molar-refractivity contribution in [2.75, 3.05) is 6.54 Å². The molecular weight excluding hydrogens is 472 g/mol. The van der Waals surface area contributed by atoms with Crippen molar-refractivity contribution in [3.63, 3.8) is 0 Å². The maximum atomic E-state index is 13.8. The number of phenols is 1. The van der Waals surface area contributed by atoms with E-state index in [-0.39, 0.29) is 30.2 Å². The first-order valence-electron chi connectivity index (χ1n) is 12.2. The van der Waals surface area contributed by atoms with Gasteiger partial charge in [-0.3, -0.25) is 9.59 Å². The summed E-state index contributed by atoms with van der Waals surface area (Å²) in [5.41, 5.74) is 0.226. The van der Waals surface area contributed by atoms with Crippen molar-refractivity contribution in [2.24, 2.45) is 5.92 Å². The first-order chi connectivity index (χ1) is 17.4. The van der Waals surface area contributed by atoms with Gasteiger partial charge in [0.05, 0.1) is 6.07 Å². The Balaban J connectivity index is 2.44. The highest BCUT2D eigenvalue weighted by molar-refractivity contribution is 5.92.